The summed E-state index contributed by atoms with van der Waals surface area (Å²) in [5.74, 6) is 0.555. The highest BCUT2D eigenvalue weighted by Crippen LogP contribution is 2.18. The number of fused-ring (bicyclic) bond motifs is 1. The van der Waals surface area contributed by atoms with E-state index in [0.29, 0.717) is 5.92 Å². The van der Waals surface area contributed by atoms with Gasteiger partial charge in [-0.2, -0.15) is 11.8 Å². The zero-order valence-electron chi connectivity index (χ0n) is 10.6. The molecule has 0 radical (unpaired) electrons. The predicted octanol–water partition coefficient (Wildman–Crippen LogP) is 4.28. The van der Waals surface area contributed by atoms with Gasteiger partial charge in [0.1, 0.15) is 0 Å². The van der Waals surface area contributed by atoms with Gasteiger partial charge in [0.15, 0.2) is 4.96 Å². The first-order chi connectivity index (χ1) is 7.56. The first-order valence-corrected chi connectivity index (χ1v) is 7.66. The van der Waals surface area contributed by atoms with Crippen LogP contribution in [0.15, 0.2) is 17.8 Å². The Balaban J connectivity index is 0.000000221. The van der Waals surface area contributed by atoms with Gasteiger partial charge < -0.3 is 0 Å². The number of hydrogen-bond acceptors (Lipinski definition) is 3. The number of aromatic nitrogens is 2. The van der Waals surface area contributed by atoms with Crippen LogP contribution in [0.2, 0.25) is 0 Å². The fraction of sp³-hybridized carbons (Fsp3) is 0.583. The van der Waals surface area contributed by atoms with E-state index in [2.05, 4.69) is 54.9 Å². The Hall–Kier alpha value is -0.480. The number of hydrogen-bond donors (Lipinski definition) is 0. The third-order valence-electron chi connectivity index (χ3n) is 2.24. The van der Waals surface area contributed by atoms with Crippen molar-refractivity contribution in [1.82, 2.24) is 9.38 Å². The molecule has 0 saturated carbocycles. The van der Waals surface area contributed by atoms with Gasteiger partial charge in [0.2, 0.25) is 0 Å². The highest BCUT2D eigenvalue weighted by atomic mass is 32.2. The van der Waals surface area contributed by atoms with Crippen molar-refractivity contribution in [2.75, 3.05) is 6.26 Å². The summed E-state index contributed by atoms with van der Waals surface area (Å²) in [5, 5.41) is 2.86. The lowest BCUT2D eigenvalue weighted by Crippen LogP contribution is -1.90. The van der Waals surface area contributed by atoms with Crippen LogP contribution in [-0.2, 0) is 0 Å². The van der Waals surface area contributed by atoms with Gasteiger partial charge in [-0.05, 0) is 17.4 Å². The van der Waals surface area contributed by atoms with Crippen molar-refractivity contribution < 1.29 is 0 Å². The summed E-state index contributed by atoms with van der Waals surface area (Å²) in [6.07, 6.45) is 6.14. The monoisotopic (exact) mass is 256 g/mol. The molecule has 0 N–H and O–H groups in total. The summed E-state index contributed by atoms with van der Waals surface area (Å²) in [6.45, 7) is 8.73. The number of thioether (sulfide) groups is 1. The van der Waals surface area contributed by atoms with Crippen LogP contribution in [-0.4, -0.2) is 20.9 Å². The van der Waals surface area contributed by atoms with Crippen LogP contribution < -0.4 is 0 Å². The van der Waals surface area contributed by atoms with Gasteiger partial charge in [-0.3, -0.25) is 4.40 Å². The highest BCUT2D eigenvalue weighted by Gasteiger charge is 2.06. The van der Waals surface area contributed by atoms with Crippen LogP contribution in [0.25, 0.3) is 4.96 Å². The third kappa shape index (κ3) is 3.52. The van der Waals surface area contributed by atoms with Crippen molar-refractivity contribution in [3.05, 3.63) is 23.5 Å². The minimum absolute atomic E-state index is 0.555. The average molecular weight is 256 g/mol. The van der Waals surface area contributed by atoms with Crippen molar-refractivity contribution in [3.8, 4) is 0 Å². The Morgan fingerprint density at radius 3 is 2.44 bits per heavy atom. The molecule has 0 aliphatic carbocycles. The maximum Gasteiger partial charge on any atom is 0.193 e. The van der Waals surface area contributed by atoms with Gasteiger partial charge in [-0.25, -0.2) is 4.98 Å². The van der Waals surface area contributed by atoms with Crippen LogP contribution >= 0.6 is 23.1 Å². The minimum Gasteiger partial charge on any atom is -0.294 e. The van der Waals surface area contributed by atoms with Crippen molar-refractivity contribution in [2.45, 2.75) is 38.9 Å². The Labute approximate surface area is 106 Å². The largest absolute Gasteiger partial charge is 0.294 e. The SMILES string of the molecule is CC(C)c1cnc2sccn12.CSC(C)C. The molecule has 0 saturated heterocycles. The van der Waals surface area contributed by atoms with Crippen LogP contribution in [0, 0.1) is 0 Å². The van der Waals surface area contributed by atoms with Crippen molar-refractivity contribution in [3.63, 3.8) is 0 Å². The average Bonchev–Trinajstić information content (AvgIpc) is 2.78. The van der Waals surface area contributed by atoms with Crippen molar-refractivity contribution in [2.24, 2.45) is 0 Å². The van der Waals surface area contributed by atoms with E-state index >= 15 is 0 Å². The Morgan fingerprint density at radius 1 is 1.31 bits per heavy atom. The van der Waals surface area contributed by atoms with Gasteiger partial charge >= 0.3 is 0 Å². The molecule has 2 aromatic heterocycles. The second kappa shape index (κ2) is 6.30. The molecule has 0 aliphatic heterocycles. The van der Waals surface area contributed by atoms with E-state index < -0.39 is 0 Å². The second-order valence-electron chi connectivity index (χ2n) is 4.18. The molecule has 0 unspecified atom stereocenters. The summed E-state index contributed by atoms with van der Waals surface area (Å²) >= 11 is 3.56. The normalized spacial score (nSPS) is 10.9. The van der Waals surface area contributed by atoms with E-state index in [1.165, 1.54) is 5.69 Å². The maximum absolute atomic E-state index is 4.28. The van der Waals surface area contributed by atoms with Crippen LogP contribution in [0.5, 0.6) is 0 Å². The summed E-state index contributed by atoms with van der Waals surface area (Å²) in [4.78, 5) is 5.37. The molecule has 0 spiro atoms. The molecule has 0 aliphatic rings. The number of imidazole rings is 1. The van der Waals surface area contributed by atoms with Crippen LogP contribution in [0.4, 0.5) is 0 Å². The quantitative estimate of drug-likeness (QED) is 0.798. The fourth-order valence-corrected chi connectivity index (χ4v) is 1.87. The van der Waals surface area contributed by atoms with E-state index in [1.54, 1.807) is 11.3 Å². The Bertz CT molecular complexity index is 415. The molecule has 2 rings (SSSR count). The van der Waals surface area contributed by atoms with Crippen LogP contribution in [0.3, 0.4) is 0 Å². The first kappa shape index (κ1) is 13.6. The fourth-order valence-electron chi connectivity index (χ4n) is 1.17. The summed E-state index contributed by atoms with van der Waals surface area (Å²) in [7, 11) is 0. The lowest BCUT2D eigenvalue weighted by molar-refractivity contribution is 0.811. The molecule has 0 atom stereocenters. The molecule has 0 bridgehead atoms. The maximum atomic E-state index is 4.28. The van der Waals surface area contributed by atoms with E-state index in [4.69, 9.17) is 0 Å². The molecule has 0 fully saturated rings. The van der Waals surface area contributed by atoms with Crippen LogP contribution in [0.1, 0.15) is 39.3 Å². The summed E-state index contributed by atoms with van der Waals surface area (Å²) in [6, 6.07) is 0. The Kier molecular flexibility index (Phi) is 5.35. The van der Waals surface area contributed by atoms with E-state index in [-0.39, 0.29) is 0 Å². The van der Waals surface area contributed by atoms with E-state index in [9.17, 15) is 0 Å². The number of rotatable bonds is 2. The second-order valence-corrected chi connectivity index (χ2v) is 6.47. The lowest BCUT2D eigenvalue weighted by Gasteiger charge is -2.00. The highest BCUT2D eigenvalue weighted by molar-refractivity contribution is 7.99. The van der Waals surface area contributed by atoms with Gasteiger partial charge in [-0.1, -0.05) is 27.7 Å². The van der Waals surface area contributed by atoms with Gasteiger partial charge in [0.05, 0.1) is 6.20 Å². The van der Waals surface area contributed by atoms with Gasteiger partial charge in [0, 0.05) is 17.3 Å². The van der Waals surface area contributed by atoms with Gasteiger partial charge in [-0.15, -0.1) is 11.3 Å². The molecule has 2 nitrogen and oxygen atoms in total. The summed E-state index contributed by atoms with van der Waals surface area (Å²) < 4.78 is 2.15. The predicted molar refractivity (Wildman–Crippen MR) is 75.8 cm³/mol. The molecule has 0 aromatic carbocycles. The molecule has 16 heavy (non-hydrogen) atoms. The third-order valence-corrected chi connectivity index (χ3v) is 3.95. The molecule has 2 heterocycles. The molecule has 2 aromatic rings. The minimum atomic E-state index is 0.555. The molecule has 90 valence electrons. The standard InChI is InChI=1S/C8H10N2S.C4H10S/c1-6(2)7-5-9-8-10(7)3-4-11-8;1-4(2)5-3/h3-6H,1-2H3;4H,1-3H3. The summed E-state index contributed by atoms with van der Waals surface area (Å²) in [5.41, 5.74) is 1.29. The first-order valence-electron chi connectivity index (χ1n) is 5.49. The van der Waals surface area contributed by atoms with Gasteiger partial charge in [0.25, 0.3) is 0 Å². The molecular formula is C12H20N2S2. The smallest absolute Gasteiger partial charge is 0.193 e. The molecular weight excluding hydrogens is 236 g/mol. The van der Waals surface area contributed by atoms with E-state index in [0.717, 1.165) is 10.2 Å². The molecule has 4 heteroatoms. The molecule has 0 amide bonds. The Morgan fingerprint density at radius 2 is 1.94 bits per heavy atom. The number of thiazole rings is 1. The topological polar surface area (TPSA) is 17.3 Å². The zero-order valence-corrected chi connectivity index (χ0v) is 12.2. The van der Waals surface area contributed by atoms with E-state index in [1.807, 2.05) is 18.0 Å². The van der Waals surface area contributed by atoms with Crippen molar-refractivity contribution in [1.29, 1.82) is 0 Å². The van der Waals surface area contributed by atoms with Crippen molar-refractivity contribution >= 4 is 28.1 Å². The lowest BCUT2D eigenvalue weighted by atomic mass is 10.1. The number of nitrogens with zero attached hydrogens (tertiary/aromatic N) is 2. The zero-order chi connectivity index (χ0) is 12.1.